The van der Waals surface area contributed by atoms with Crippen molar-refractivity contribution in [3.63, 3.8) is 0 Å². The highest BCUT2D eigenvalue weighted by Crippen LogP contribution is 2.41. The fourth-order valence-electron chi connectivity index (χ4n) is 3.92. The van der Waals surface area contributed by atoms with Crippen LogP contribution in [0.5, 0.6) is 0 Å². The Morgan fingerprint density at radius 3 is 2.06 bits per heavy atom. The molecule has 0 saturated carbocycles. The lowest BCUT2D eigenvalue weighted by atomic mass is 9.97. The first-order valence-electron chi connectivity index (χ1n) is 11.3. The molecular weight excluding hydrogens is 440 g/mol. The summed E-state index contributed by atoms with van der Waals surface area (Å²) in [6.07, 6.45) is 0.544. The third-order valence-electron chi connectivity index (χ3n) is 5.61. The number of nitrogens with one attached hydrogen (secondary N) is 1. The molecule has 1 heterocycles. The van der Waals surface area contributed by atoms with Crippen LogP contribution in [0, 0.1) is 11.3 Å². The molecule has 0 aliphatic carbocycles. The van der Waals surface area contributed by atoms with Gasteiger partial charge in [-0.3, -0.25) is 14.9 Å². The van der Waals surface area contributed by atoms with Crippen molar-refractivity contribution < 1.29 is 18.7 Å². The van der Waals surface area contributed by atoms with Crippen molar-refractivity contribution in [1.29, 1.82) is 5.26 Å². The summed E-state index contributed by atoms with van der Waals surface area (Å²) < 4.78 is 11.3. The summed E-state index contributed by atoms with van der Waals surface area (Å²) in [5.74, 6) is -1.05. The molecular formula is C29H24N2O4. The van der Waals surface area contributed by atoms with Crippen LogP contribution in [0.4, 0.5) is 5.88 Å². The van der Waals surface area contributed by atoms with Gasteiger partial charge >= 0.3 is 5.97 Å². The molecule has 6 nitrogen and oxygen atoms in total. The standard InChI is InChI=1S/C29H24N2O4/c1-2-23(20-12-6-3-7-13-20)29(33)34-19-25(32)31-28-24(18-30)26(21-14-8-4-9-15-21)27(35-28)22-16-10-5-11-17-22/h3-17,23H,2,19H2,1H3,(H,31,32)/t23-/m1/s1. The predicted octanol–water partition coefficient (Wildman–Crippen LogP) is 6.16. The quantitative estimate of drug-likeness (QED) is 0.315. The van der Waals surface area contributed by atoms with E-state index in [0.717, 1.165) is 16.7 Å². The van der Waals surface area contributed by atoms with Gasteiger partial charge in [0.1, 0.15) is 17.4 Å². The van der Waals surface area contributed by atoms with E-state index in [0.29, 0.717) is 17.7 Å². The lowest BCUT2D eigenvalue weighted by molar-refractivity contribution is -0.149. The second kappa shape index (κ2) is 11.0. The maximum absolute atomic E-state index is 12.7. The van der Waals surface area contributed by atoms with Gasteiger partial charge in [0, 0.05) is 11.1 Å². The highest BCUT2D eigenvalue weighted by molar-refractivity contribution is 5.97. The molecule has 6 heteroatoms. The van der Waals surface area contributed by atoms with Gasteiger partial charge in [0.25, 0.3) is 5.91 Å². The van der Waals surface area contributed by atoms with Crippen LogP contribution in [0.25, 0.3) is 22.5 Å². The number of carbonyl (C=O) groups is 2. The van der Waals surface area contributed by atoms with Crippen molar-refractivity contribution in [3.05, 3.63) is 102 Å². The van der Waals surface area contributed by atoms with Gasteiger partial charge in [-0.15, -0.1) is 0 Å². The molecule has 0 fully saturated rings. The molecule has 0 unspecified atom stereocenters. The first-order chi connectivity index (χ1) is 17.1. The van der Waals surface area contributed by atoms with Gasteiger partial charge in [0.2, 0.25) is 5.88 Å². The molecule has 0 bridgehead atoms. The minimum Gasteiger partial charge on any atom is -0.455 e. The lowest BCUT2D eigenvalue weighted by Crippen LogP contribution is -2.24. The topological polar surface area (TPSA) is 92.3 Å². The Hall–Kier alpha value is -4.63. The van der Waals surface area contributed by atoms with Crippen LogP contribution in [0.3, 0.4) is 0 Å². The molecule has 1 N–H and O–H groups in total. The summed E-state index contributed by atoms with van der Waals surface area (Å²) >= 11 is 0. The summed E-state index contributed by atoms with van der Waals surface area (Å²) in [6.45, 7) is 1.40. The van der Waals surface area contributed by atoms with Gasteiger partial charge in [-0.25, -0.2) is 0 Å². The van der Waals surface area contributed by atoms with E-state index in [2.05, 4.69) is 11.4 Å². The van der Waals surface area contributed by atoms with Gasteiger partial charge in [-0.2, -0.15) is 5.26 Å². The number of nitrogens with zero attached hydrogens (tertiary/aromatic N) is 1. The van der Waals surface area contributed by atoms with E-state index in [1.807, 2.05) is 97.9 Å². The summed E-state index contributed by atoms with van der Waals surface area (Å²) in [5, 5.41) is 12.5. The van der Waals surface area contributed by atoms with Crippen molar-refractivity contribution >= 4 is 17.8 Å². The SMILES string of the molecule is CC[C@@H](C(=O)OCC(=O)Nc1oc(-c2ccccc2)c(-c2ccccc2)c1C#N)c1ccccc1. The first kappa shape index (κ1) is 23.5. The van der Waals surface area contributed by atoms with Crippen LogP contribution in [0.15, 0.2) is 95.4 Å². The molecule has 0 saturated heterocycles. The minimum absolute atomic E-state index is 0.0151. The summed E-state index contributed by atoms with van der Waals surface area (Å²) in [4.78, 5) is 25.3. The largest absolute Gasteiger partial charge is 0.455 e. The molecule has 35 heavy (non-hydrogen) atoms. The number of benzene rings is 3. The predicted molar refractivity (Wildman–Crippen MR) is 133 cm³/mol. The molecule has 0 aliphatic rings. The number of carbonyl (C=O) groups excluding carboxylic acids is 2. The van der Waals surface area contributed by atoms with Crippen molar-refractivity contribution in [1.82, 2.24) is 0 Å². The van der Waals surface area contributed by atoms with Crippen LogP contribution < -0.4 is 5.32 Å². The molecule has 4 rings (SSSR count). The average Bonchev–Trinajstić information content (AvgIpc) is 3.27. The van der Waals surface area contributed by atoms with Crippen molar-refractivity contribution in [2.45, 2.75) is 19.3 Å². The fraction of sp³-hybridized carbons (Fsp3) is 0.138. The molecule has 0 aliphatic heterocycles. The summed E-state index contributed by atoms with van der Waals surface area (Å²) in [5.41, 5.74) is 3.17. The smallest absolute Gasteiger partial charge is 0.313 e. The molecule has 1 atom stereocenters. The van der Waals surface area contributed by atoms with Crippen molar-refractivity contribution in [3.8, 4) is 28.5 Å². The third-order valence-corrected chi connectivity index (χ3v) is 5.61. The molecule has 174 valence electrons. The molecule has 0 radical (unpaired) electrons. The van der Waals surface area contributed by atoms with Crippen LogP contribution >= 0.6 is 0 Å². The number of nitriles is 1. The Morgan fingerprint density at radius 2 is 1.49 bits per heavy atom. The van der Waals surface area contributed by atoms with E-state index in [4.69, 9.17) is 9.15 Å². The van der Waals surface area contributed by atoms with Gasteiger partial charge < -0.3 is 9.15 Å². The Kier molecular flexibility index (Phi) is 7.39. The maximum Gasteiger partial charge on any atom is 0.313 e. The van der Waals surface area contributed by atoms with Crippen LogP contribution in [0.2, 0.25) is 0 Å². The average molecular weight is 465 g/mol. The van der Waals surface area contributed by atoms with Gasteiger partial charge in [0.05, 0.1) is 5.92 Å². The second-order valence-electron chi connectivity index (χ2n) is 7.88. The van der Waals surface area contributed by atoms with Crippen molar-refractivity contribution in [2.75, 3.05) is 11.9 Å². The molecule has 4 aromatic rings. The number of ether oxygens (including phenoxy) is 1. The fourth-order valence-corrected chi connectivity index (χ4v) is 3.92. The Labute approximate surface area is 203 Å². The van der Waals surface area contributed by atoms with E-state index in [1.54, 1.807) is 0 Å². The highest BCUT2D eigenvalue weighted by atomic mass is 16.5. The second-order valence-corrected chi connectivity index (χ2v) is 7.88. The van der Waals surface area contributed by atoms with Crippen molar-refractivity contribution in [2.24, 2.45) is 0 Å². The van der Waals surface area contributed by atoms with Crippen LogP contribution in [0.1, 0.15) is 30.4 Å². The molecule has 1 amide bonds. The Balaban J connectivity index is 1.56. The number of hydrogen-bond donors (Lipinski definition) is 1. The molecule has 0 spiro atoms. The number of anilines is 1. The van der Waals surface area contributed by atoms with E-state index >= 15 is 0 Å². The minimum atomic E-state index is -0.592. The Bertz CT molecular complexity index is 1340. The number of furan rings is 1. The number of hydrogen-bond acceptors (Lipinski definition) is 5. The zero-order chi connectivity index (χ0) is 24.6. The summed E-state index contributed by atoms with van der Waals surface area (Å²) in [7, 11) is 0. The van der Waals surface area contributed by atoms with E-state index in [1.165, 1.54) is 0 Å². The lowest BCUT2D eigenvalue weighted by Gasteiger charge is -2.14. The number of rotatable bonds is 8. The monoisotopic (exact) mass is 464 g/mol. The van der Waals surface area contributed by atoms with Crippen LogP contribution in [-0.2, 0) is 14.3 Å². The zero-order valence-electron chi connectivity index (χ0n) is 19.2. The van der Waals surface area contributed by atoms with Gasteiger partial charge in [-0.05, 0) is 17.5 Å². The zero-order valence-corrected chi connectivity index (χ0v) is 19.2. The number of amides is 1. The Morgan fingerprint density at radius 1 is 0.914 bits per heavy atom. The first-order valence-corrected chi connectivity index (χ1v) is 11.3. The van der Waals surface area contributed by atoms with Crippen LogP contribution in [-0.4, -0.2) is 18.5 Å². The highest BCUT2D eigenvalue weighted by Gasteiger charge is 2.25. The summed E-state index contributed by atoms with van der Waals surface area (Å²) in [6, 6.07) is 30.2. The third kappa shape index (κ3) is 5.31. The maximum atomic E-state index is 12.7. The van der Waals surface area contributed by atoms with Gasteiger partial charge in [-0.1, -0.05) is 97.9 Å². The van der Waals surface area contributed by atoms with E-state index in [9.17, 15) is 14.9 Å². The van der Waals surface area contributed by atoms with E-state index in [-0.39, 0.29) is 11.4 Å². The van der Waals surface area contributed by atoms with E-state index < -0.39 is 24.4 Å². The molecule has 3 aromatic carbocycles. The number of esters is 1. The molecule has 1 aromatic heterocycles. The normalized spacial score (nSPS) is 11.3. The van der Waals surface area contributed by atoms with Gasteiger partial charge in [0.15, 0.2) is 6.61 Å².